The summed E-state index contributed by atoms with van der Waals surface area (Å²) in [5, 5.41) is 2.56. The number of hydrogen-bond donors (Lipinski definition) is 1. The van der Waals surface area contributed by atoms with Gasteiger partial charge in [-0.2, -0.15) is 13.2 Å². The molecule has 0 spiro atoms. The van der Waals surface area contributed by atoms with Gasteiger partial charge in [0.2, 0.25) is 11.7 Å². The number of carbonyl (C=O) groups excluding carboxylic acids is 1. The number of halogens is 3. The van der Waals surface area contributed by atoms with E-state index in [0.29, 0.717) is 31.7 Å². The molecule has 2 heterocycles. The summed E-state index contributed by atoms with van der Waals surface area (Å²) in [4.78, 5) is 15.0. The van der Waals surface area contributed by atoms with Crippen molar-refractivity contribution in [3.8, 4) is 0 Å². The zero-order valence-electron chi connectivity index (χ0n) is 19.2. The van der Waals surface area contributed by atoms with Crippen molar-refractivity contribution in [3.63, 3.8) is 0 Å². The molecule has 0 unspecified atom stereocenters. The van der Waals surface area contributed by atoms with Gasteiger partial charge in [0.1, 0.15) is 0 Å². The molecule has 1 fully saturated rings. The largest absolute Gasteiger partial charge is 0.449 e. The molecule has 0 saturated carbocycles. The lowest BCUT2D eigenvalue weighted by atomic mass is 10.0. The van der Waals surface area contributed by atoms with E-state index in [1.807, 2.05) is 0 Å². The third-order valence-corrected chi connectivity index (χ3v) is 7.76. The summed E-state index contributed by atoms with van der Waals surface area (Å²) in [6.45, 7) is 2.51. The lowest BCUT2D eigenvalue weighted by molar-refractivity contribution is -0.147. The number of anilines is 2. The summed E-state index contributed by atoms with van der Waals surface area (Å²) in [5.41, 5.74) is 0.964. The number of rotatable bonds is 6. The summed E-state index contributed by atoms with van der Waals surface area (Å²) in [5.74, 6) is -1.26. The van der Waals surface area contributed by atoms with Crippen LogP contribution in [0.5, 0.6) is 0 Å². The average molecular weight is 511 g/mol. The van der Waals surface area contributed by atoms with E-state index in [4.69, 9.17) is 4.74 Å². The first-order chi connectivity index (χ1) is 16.5. The predicted molar refractivity (Wildman–Crippen MR) is 125 cm³/mol. The first-order valence-corrected chi connectivity index (χ1v) is 12.4. The Labute approximate surface area is 200 Å². The Kier molecular flexibility index (Phi) is 6.78. The monoisotopic (exact) mass is 510 g/mol. The number of aromatic nitrogens is 2. The zero-order valence-corrected chi connectivity index (χ0v) is 20.0. The van der Waals surface area contributed by atoms with Gasteiger partial charge in [-0.3, -0.25) is 9.10 Å². The van der Waals surface area contributed by atoms with Crippen molar-refractivity contribution in [2.45, 2.75) is 37.4 Å². The van der Waals surface area contributed by atoms with Crippen molar-refractivity contribution in [3.05, 3.63) is 48.3 Å². The Morgan fingerprint density at radius 3 is 2.43 bits per heavy atom. The topological polar surface area (TPSA) is 93.5 Å². The first-order valence-electron chi connectivity index (χ1n) is 11.0. The molecule has 12 heteroatoms. The average Bonchev–Trinajstić information content (AvgIpc) is 3.17. The fourth-order valence-electron chi connectivity index (χ4n) is 4.11. The minimum Gasteiger partial charge on any atom is -0.381 e. The zero-order chi connectivity index (χ0) is 25.4. The van der Waals surface area contributed by atoms with Crippen molar-refractivity contribution < 1.29 is 31.1 Å². The lowest BCUT2D eigenvalue weighted by Gasteiger charge is -2.24. The number of hydrogen-bond acceptors (Lipinski definition) is 5. The summed E-state index contributed by atoms with van der Waals surface area (Å²) in [6, 6.07) is 9.89. The third kappa shape index (κ3) is 5.27. The Bertz CT molecular complexity index is 1330. The van der Waals surface area contributed by atoms with Crippen molar-refractivity contribution in [2.75, 3.05) is 29.9 Å². The quantitative estimate of drug-likeness (QED) is 0.535. The van der Waals surface area contributed by atoms with Gasteiger partial charge in [-0.15, -0.1) is 0 Å². The van der Waals surface area contributed by atoms with Gasteiger partial charge < -0.3 is 14.6 Å². The number of amides is 1. The molecule has 2 aromatic carbocycles. The van der Waals surface area contributed by atoms with Gasteiger partial charge >= 0.3 is 6.18 Å². The predicted octanol–water partition coefficient (Wildman–Crippen LogP) is 4.27. The minimum absolute atomic E-state index is 0.0322. The molecule has 8 nitrogen and oxygen atoms in total. The van der Waals surface area contributed by atoms with Crippen molar-refractivity contribution >= 4 is 38.3 Å². The number of ether oxygens (including phenoxy) is 1. The number of carbonyl (C=O) groups is 1. The van der Waals surface area contributed by atoms with Gasteiger partial charge in [0.25, 0.3) is 10.0 Å². The van der Waals surface area contributed by atoms with Gasteiger partial charge in [-0.25, -0.2) is 13.4 Å². The summed E-state index contributed by atoms with van der Waals surface area (Å²) in [7, 11) is -2.69. The molecule has 188 valence electrons. The third-order valence-electron chi connectivity index (χ3n) is 5.96. The van der Waals surface area contributed by atoms with Crippen LogP contribution >= 0.6 is 0 Å². The highest BCUT2D eigenvalue weighted by molar-refractivity contribution is 7.92. The van der Waals surface area contributed by atoms with Crippen LogP contribution in [0.3, 0.4) is 0 Å². The molecular weight excluding hydrogens is 485 g/mol. The standard InChI is InChI=1S/C23H25F3N4O4S/c1-15(31)27-17-3-6-19(7-4-17)35(32,33)29(2)18-5-8-21-20(13-18)28-22(23(24,25)26)30(21)14-16-9-11-34-12-10-16/h3-8,13,16H,9-12,14H2,1-2H3,(H,27,31). The SMILES string of the molecule is CC(=O)Nc1ccc(S(=O)(=O)N(C)c2ccc3c(c2)nc(C(F)(F)F)n3CC2CCOCC2)cc1. The highest BCUT2D eigenvalue weighted by atomic mass is 32.2. The van der Waals surface area contributed by atoms with E-state index in [2.05, 4.69) is 10.3 Å². The van der Waals surface area contributed by atoms with Crippen LogP contribution in [0.1, 0.15) is 25.6 Å². The Morgan fingerprint density at radius 1 is 1.17 bits per heavy atom. The summed E-state index contributed by atoms with van der Waals surface area (Å²) in [6.07, 6.45) is -3.33. The number of nitrogens with zero attached hydrogens (tertiary/aromatic N) is 3. The molecule has 35 heavy (non-hydrogen) atoms. The molecule has 1 saturated heterocycles. The molecule has 1 N–H and O–H groups in total. The maximum atomic E-state index is 13.8. The van der Waals surface area contributed by atoms with Crippen LogP contribution in [-0.2, 0) is 32.3 Å². The summed E-state index contributed by atoms with van der Waals surface area (Å²) < 4.78 is 75.1. The normalized spacial score (nSPS) is 15.3. The molecule has 1 amide bonds. The highest BCUT2D eigenvalue weighted by Crippen LogP contribution is 2.35. The second-order valence-electron chi connectivity index (χ2n) is 8.45. The molecule has 0 bridgehead atoms. The number of fused-ring (bicyclic) bond motifs is 1. The van der Waals surface area contributed by atoms with Gasteiger partial charge in [0, 0.05) is 39.4 Å². The number of sulfonamides is 1. The van der Waals surface area contributed by atoms with Crippen LogP contribution in [0.25, 0.3) is 11.0 Å². The van der Waals surface area contributed by atoms with E-state index in [9.17, 15) is 26.4 Å². The van der Waals surface area contributed by atoms with E-state index >= 15 is 0 Å². The molecule has 0 aliphatic carbocycles. The van der Waals surface area contributed by atoms with Crippen LogP contribution in [0.4, 0.5) is 24.5 Å². The van der Waals surface area contributed by atoms with E-state index in [1.165, 1.54) is 61.0 Å². The van der Waals surface area contributed by atoms with E-state index in [0.717, 1.165) is 4.31 Å². The smallest absolute Gasteiger partial charge is 0.381 e. The molecule has 0 radical (unpaired) electrons. The van der Waals surface area contributed by atoms with E-state index in [1.54, 1.807) is 0 Å². The van der Waals surface area contributed by atoms with Crippen molar-refractivity contribution in [2.24, 2.45) is 5.92 Å². The molecule has 1 aliphatic heterocycles. The minimum atomic E-state index is -4.65. The van der Waals surface area contributed by atoms with Crippen LogP contribution in [0.2, 0.25) is 0 Å². The fourth-order valence-corrected chi connectivity index (χ4v) is 5.30. The van der Waals surface area contributed by atoms with Gasteiger partial charge in [-0.1, -0.05) is 0 Å². The first kappa shape index (κ1) is 25.0. The molecule has 3 aromatic rings. The molecule has 1 aliphatic rings. The molecule has 1 aromatic heterocycles. The van der Waals surface area contributed by atoms with Crippen molar-refractivity contribution in [1.29, 1.82) is 0 Å². The molecule has 0 atom stereocenters. The van der Waals surface area contributed by atoms with Gasteiger partial charge in [0.05, 0.1) is 21.6 Å². The fraction of sp³-hybridized carbons (Fsp3) is 0.391. The van der Waals surface area contributed by atoms with Gasteiger partial charge in [-0.05, 0) is 61.2 Å². The number of alkyl halides is 3. The van der Waals surface area contributed by atoms with Crippen LogP contribution < -0.4 is 9.62 Å². The second kappa shape index (κ2) is 9.50. The van der Waals surface area contributed by atoms with Gasteiger partial charge in [0.15, 0.2) is 0 Å². The Balaban J connectivity index is 1.67. The number of imidazole rings is 1. The second-order valence-corrected chi connectivity index (χ2v) is 10.4. The van der Waals surface area contributed by atoms with E-state index in [-0.39, 0.29) is 40.0 Å². The van der Waals surface area contributed by atoms with Crippen LogP contribution in [0.15, 0.2) is 47.4 Å². The summed E-state index contributed by atoms with van der Waals surface area (Å²) >= 11 is 0. The Hall–Kier alpha value is -3.12. The number of benzene rings is 2. The van der Waals surface area contributed by atoms with Crippen LogP contribution in [-0.4, -0.2) is 44.1 Å². The Morgan fingerprint density at radius 2 is 1.83 bits per heavy atom. The highest BCUT2D eigenvalue weighted by Gasteiger charge is 2.38. The molecular formula is C23H25F3N4O4S. The van der Waals surface area contributed by atoms with Crippen LogP contribution in [0, 0.1) is 5.92 Å². The number of nitrogens with one attached hydrogen (secondary N) is 1. The van der Waals surface area contributed by atoms with Crippen molar-refractivity contribution in [1.82, 2.24) is 9.55 Å². The molecule has 4 rings (SSSR count). The maximum absolute atomic E-state index is 13.8. The lowest BCUT2D eigenvalue weighted by Crippen LogP contribution is -2.26. The maximum Gasteiger partial charge on any atom is 0.449 e. The van der Waals surface area contributed by atoms with E-state index < -0.39 is 22.0 Å².